The highest BCUT2D eigenvalue weighted by atomic mass is 16.5. The van der Waals surface area contributed by atoms with Crippen molar-refractivity contribution in [1.29, 1.82) is 0 Å². The molecule has 2 N–H and O–H groups in total. The topological polar surface area (TPSA) is 75.6 Å². The summed E-state index contributed by atoms with van der Waals surface area (Å²) < 4.78 is 5.40. The Bertz CT molecular complexity index is 499. The second kappa shape index (κ2) is 6.93. The number of ether oxygens (including phenoxy) is 1. The Labute approximate surface area is 117 Å². The van der Waals surface area contributed by atoms with Crippen molar-refractivity contribution < 1.29 is 19.4 Å². The molecule has 0 spiro atoms. The number of benzene rings is 1. The number of carboxylic acids is 1. The minimum Gasteiger partial charge on any atom is -0.493 e. The zero-order valence-corrected chi connectivity index (χ0v) is 11.4. The molecule has 5 heteroatoms. The molecule has 108 valence electrons. The van der Waals surface area contributed by atoms with Crippen LogP contribution in [0.1, 0.15) is 41.6 Å². The van der Waals surface area contributed by atoms with Gasteiger partial charge in [-0.2, -0.15) is 0 Å². The number of hydrogen-bond donors (Lipinski definition) is 2. The van der Waals surface area contributed by atoms with Crippen LogP contribution in [0.5, 0.6) is 5.75 Å². The van der Waals surface area contributed by atoms with Gasteiger partial charge in [-0.25, -0.2) is 0 Å². The fourth-order valence-corrected chi connectivity index (χ4v) is 2.21. The number of rotatable bonds is 7. The van der Waals surface area contributed by atoms with Crippen LogP contribution >= 0.6 is 0 Å². The first-order valence-corrected chi connectivity index (χ1v) is 6.92. The lowest BCUT2D eigenvalue weighted by Crippen LogP contribution is -2.24. The third kappa shape index (κ3) is 3.98. The molecule has 1 amide bonds. The van der Waals surface area contributed by atoms with E-state index in [9.17, 15) is 9.59 Å². The zero-order chi connectivity index (χ0) is 14.4. The molecule has 1 aliphatic heterocycles. The van der Waals surface area contributed by atoms with Gasteiger partial charge in [-0.05, 0) is 36.6 Å². The molecule has 0 saturated carbocycles. The molecule has 2 rings (SSSR count). The maximum Gasteiger partial charge on any atom is 0.303 e. The highest BCUT2D eigenvalue weighted by molar-refractivity contribution is 5.94. The molecule has 5 nitrogen and oxygen atoms in total. The molecule has 1 aromatic carbocycles. The molecule has 1 aliphatic rings. The maximum absolute atomic E-state index is 11.9. The van der Waals surface area contributed by atoms with Gasteiger partial charge in [0.2, 0.25) is 0 Å². The molecule has 0 bridgehead atoms. The van der Waals surface area contributed by atoms with E-state index in [4.69, 9.17) is 9.84 Å². The van der Waals surface area contributed by atoms with Crippen LogP contribution < -0.4 is 10.1 Å². The van der Waals surface area contributed by atoms with E-state index >= 15 is 0 Å². The highest BCUT2D eigenvalue weighted by Gasteiger charge is 2.14. The summed E-state index contributed by atoms with van der Waals surface area (Å²) in [6.07, 6.45) is 3.31. The smallest absolute Gasteiger partial charge is 0.303 e. The van der Waals surface area contributed by atoms with E-state index in [1.807, 2.05) is 12.1 Å². The zero-order valence-electron chi connectivity index (χ0n) is 11.4. The molecule has 1 heterocycles. The van der Waals surface area contributed by atoms with Crippen LogP contribution in [-0.4, -0.2) is 30.1 Å². The van der Waals surface area contributed by atoms with Gasteiger partial charge in [0.25, 0.3) is 5.91 Å². The predicted octanol–water partition coefficient (Wildman–Crippen LogP) is 2.00. The third-order valence-corrected chi connectivity index (χ3v) is 3.30. The number of hydrogen-bond acceptors (Lipinski definition) is 3. The van der Waals surface area contributed by atoms with Crippen molar-refractivity contribution in [3.05, 3.63) is 29.3 Å². The number of nitrogens with one attached hydrogen (secondary N) is 1. The van der Waals surface area contributed by atoms with Crippen molar-refractivity contribution in [3.8, 4) is 5.75 Å². The first kappa shape index (κ1) is 14.4. The SMILES string of the molecule is O=C(O)CCCCCNC(=O)c1ccc2c(c1)CCO2. The first-order chi connectivity index (χ1) is 9.66. The monoisotopic (exact) mass is 277 g/mol. The summed E-state index contributed by atoms with van der Waals surface area (Å²) in [5.74, 6) is 0.0163. The Morgan fingerprint density at radius 3 is 2.90 bits per heavy atom. The summed E-state index contributed by atoms with van der Waals surface area (Å²) >= 11 is 0. The second-order valence-electron chi connectivity index (χ2n) is 4.88. The van der Waals surface area contributed by atoms with Crippen LogP contribution in [0.15, 0.2) is 18.2 Å². The first-order valence-electron chi connectivity index (χ1n) is 6.92. The second-order valence-corrected chi connectivity index (χ2v) is 4.88. The number of fused-ring (bicyclic) bond motifs is 1. The van der Waals surface area contributed by atoms with E-state index in [2.05, 4.69) is 5.32 Å². The molecule has 0 aliphatic carbocycles. The normalized spacial score (nSPS) is 12.6. The van der Waals surface area contributed by atoms with Crippen LogP contribution in [0.2, 0.25) is 0 Å². The number of amides is 1. The van der Waals surface area contributed by atoms with Crippen molar-refractivity contribution in [2.75, 3.05) is 13.2 Å². The van der Waals surface area contributed by atoms with Crippen LogP contribution in [0, 0.1) is 0 Å². The largest absolute Gasteiger partial charge is 0.493 e. The minimum atomic E-state index is -0.769. The van der Waals surface area contributed by atoms with E-state index in [0.29, 0.717) is 25.1 Å². The average Bonchev–Trinajstić information content (AvgIpc) is 2.89. The number of carboxylic acid groups (broad SMARTS) is 1. The van der Waals surface area contributed by atoms with Crippen LogP contribution in [0.4, 0.5) is 0 Å². The van der Waals surface area contributed by atoms with Gasteiger partial charge in [-0.1, -0.05) is 6.42 Å². The van der Waals surface area contributed by atoms with Crippen molar-refractivity contribution in [2.24, 2.45) is 0 Å². The van der Waals surface area contributed by atoms with Gasteiger partial charge in [-0.15, -0.1) is 0 Å². The number of aliphatic carboxylic acids is 1. The fourth-order valence-electron chi connectivity index (χ4n) is 2.21. The van der Waals surface area contributed by atoms with Gasteiger partial charge in [-0.3, -0.25) is 9.59 Å². The summed E-state index contributed by atoms with van der Waals surface area (Å²) in [4.78, 5) is 22.3. The van der Waals surface area contributed by atoms with E-state index in [1.165, 1.54) is 0 Å². The summed E-state index contributed by atoms with van der Waals surface area (Å²) in [7, 11) is 0. The van der Waals surface area contributed by atoms with Gasteiger partial charge in [0.1, 0.15) is 5.75 Å². The minimum absolute atomic E-state index is 0.0852. The number of carbonyl (C=O) groups excluding carboxylic acids is 1. The van der Waals surface area contributed by atoms with Crippen LogP contribution in [0.25, 0.3) is 0 Å². The Balaban J connectivity index is 1.71. The van der Waals surface area contributed by atoms with E-state index < -0.39 is 5.97 Å². The summed E-state index contributed by atoms with van der Waals surface area (Å²) in [5, 5.41) is 11.4. The Hall–Kier alpha value is -2.04. The van der Waals surface area contributed by atoms with Gasteiger partial charge in [0.15, 0.2) is 0 Å². The van der Waals surface area contributed by atoms with Gasteiger partial charge in [0.05, 0.1) is 6.61 Å². The van der Waals surface area contributed by atoms with E-state index in [0.717, 1.165) is 30.6 Å². The molecule has 0 unspecified atom stereocenters. The Morgan fingerprint density at radius 1 is 1.25 bits per heavy atom. The molecule has 0 aromatic heterocycles. The lowest BCUT2D eigenvalue weighted by molar-refractivity contribution is -0.137. The molecule has 0 radical (unpaired) electrons. The lowest BCUT2D eigenvalue weighted by Gasteiger charge is -2.06. The van der Waals surface area contributed by atoms with Crippen molar-refractivity contribution in [1.82, 2.24) is 5.32 Å². The summed E-state index contributed by atoms with van der Waals surface area (Å²) in [6, 6.07) is 5.48. The summed E-state index contributed by atoms with van der Waals surface area (Å²) in [6.45, 7) is 1.26. The number of unbranched alkanes of at least 4 members (excludes halogenated alkanes) is 2. The lowest BCUT2D eigenvalue weighted by atomic mass is 10.1. The Morgan fingerprint density at radius 2 is 2.10 bits per heavy atom. The molecule has 20 heavy (non-hydrogen) atoms. The molecule has 0 fully saturated rings. The third-order valence-electron chi connectivity index (χ3n) is 3.30. The highest BCUT2D eigenvalue weighted by Crippen LogP contribution is 2.25. The predicted molar refractivity (Wildman–Crippen MR) is 74.1 cm³/mol. The van der Waals surface area contributed by atoms with Crippen LogP contribution in [-0.2, 0) is 11.2 Å². The van der Waals surface area contributed by atoms with Crippen molar-refractivity contribution in [2.45, 2.75) is 32.1 Å². The molecular formula is C15H19NO4. The van der Waals surface area contributed by atoms with Gasteiger partial charge < -0.3 is 15.2 Å². The van der Waals surface area contributed by atoms with Crippen molar-refractivity contribution in [3.63, 3.8) is 0 Å². The number of carbonyl (C=O) groups is 2. The standard InChI is InChI=1S/C15H19NO4/c17-14(18)4-2-1-3-8-16-15(19)12-5-6-13-11(10-12)7-9-20-13/h5-6,10H,1-4,7-9H2,(H,16,19)(H,17,18). The van der Waals surface area contributed by atoms with Crippen LogP contribution in [0.3, 0.4) is 0 Å². The van der Waals surface area contributed by atoms with Crippen molar-refractivity contribution >= 4 is 11.9 Å². The average molecular weight is 277 g/mol. The quantitative estimate of drug-likeness (QED) is 0.747. The molecular weight excluding hydrogens is 258 g/mol. The van der Waals surface area contributed by atoms with E-state index in [1.54, 1.807) is 6.07 Å². The molecule has 0 atom stereocenters. The van der Waals surface area contributed by atoms with Gasteiger partial charge in [0, 0.05) is 24.9 Å². The summed E-state index contributed by atoms with van der Waals surface area (Å²) in [5.41, 5.74) is 1.74. The van der Waals surface area contributed by atoms with E-state index in [-0.39, 0.29) is 12.3 Å². The fraction of sp³-hybridized carbons (Fsp3) is 0.467. The Kier molecular flexibility index (Phi) is 4.98. The molecule has 1 aromatic rings. The van der Waals surface area contributed by atoms with Gasteiger partial charge >= 0.3 is 5.97 Å². The molecule has 0 saturated heterocycles. The maximum atomic E-state index is 11.9.